The van der Waals surface area contributed by atoms with Crippen molar-refractivity contribution >= 4 is 34.6 Å². The monoisotopic (exact) mass is 295 g/mol. The fourth-order valence-corrected chi connectivity index (χ4v) is 2.34. The van der Waals surface area contributed by atoms with Crippen LogP contribution in [-0.2, 0) is 0 Å². The summed E-state index contributed by atoms with van der Waals surface area (Å²) in [6.45, 7) is 0.795. The average molecular weight is 295 g/mol. The summed E-state index contributed by atoms with van der Waals surface area (Å²) in [5, 5.41) is 13.8. The molecule has 0 aliphatic carbocycles. The SMILES string of the molecule is CSCCCCCNc1nc2cc([N+](=O)[O-])ccc2o1. The quantitative estimate of drug-likeness (QED) is 0.454. The molecule has 0 fully saturated rings. The molecule has 0 aliphatic rings. The van der Waals surface area contributed by atoms with Gasteiger partial charge in [-0.25, -0.2) is 0 Å². The molecule has 2 aromatic rings. The maximum absolute atomic E-state index is 10.7. The molecule has 108 valence electrons. The van der Waals surface area contributed by atoms with E-state index in [1.807, 2.05) is 11.8 Å². The fourth-order valence-electron chi connectivity index (χ4n) is 1.85. The molecule has 0 unspecified atom stereocenters. The molecule has 6 nitrogen and oxygen atoms in total. The van der Waals surface area contributed by atoms with Gasteiger partial charge in [0, 0.05) is 18.7 Å². The van der Waals surface area contributed by atoms with E-state index in [4.69, 9.17) is 4.42 Å². The van der Waals surface area contributed by atoms with Gasteiger partial charge in [0.2, 0.25) is 0 Å². The maximum Gasteiger partial charge on any atom is 0.295 e. The number of rotatable bonds is 8. The summed E-state index contributed by atoms with van der Waals surface area (Å²) in [5.74, 6) is 1.19. The van der Waals surface area contributed by atoms with Crippen molar-refractivity contribution in [1.82, 2.24) is 4.98 Å². The van der Waals surface area contributed by atoms with Gasteiger partial charge in [-0.3, -0.25) is 10.1 Å². The Morgan fingerprint density at radius 1 is 1.40 bits per heavy atom. The molecule has 1 aromatic heterocycles. The predicted octanol–water partition coefficient (Wildman–Crippen LogP) is 3.68. The van der Waals surface area contributed by atoms with Crippen molar-refractivity contribution in [1.29, 1.82) is 0 Å². The molecule has 0 spiro atoms. The molecule has 0 saturated heterocycles. The van der Waals surface area contributed by atoms with E-state index in [9.17, 15) is 10.1 Å². The van der Waals surface area contributed by atoms with Crippen molar-refractivity contribution in [2.75, 3.05) is 23.9 Å². The second-order valence-corrected chi connectivity index (χ2v) is 5.39. The Labute approximate surface area is 121 Å². The number of nitrogens with zero attached hydrogens (tertiary/aromatic N) is 2. The van der Waals surface area contributed by atoms with Crippen LogP contribution < -0.4 is 5.32 Å². The van der Waals surface area contributed by atoms with Crippen LogP contribution in [-0.4, -0.2) is 28.5 Å². The summed E-state index contributed by atoms with van der Waals surface area (Å²) in [7, 11) is 0. The number of hydrogen-bond donors (Lipinski definition) is 1. The van der Waals surface area contributed by atoms with E-state index in [1.165, 1.54) is 30.7 Å². The number of benzene rings is 1. The Morgan fingerprint density at radius 2 is 2.25 bits per heavy atom. The zero-order valence-corrected chi connectivity index (χ0v) is 12.1. The summed E-state index contributed by atoms with van der Waals surface area (Å²) in [4.78, 5) is 14.4. The van der Waals surface area contributed by atoms with Crippen molar-refractivity contribution in [3.05, 3.63) is 28.3 Å². The normalized spacial score (nSPS) is 10.8. The Hall–Kier alpha value is -1.76. The van der Waals surface area contributed by atoms with E-state index in [0.29, 0.717) is 17.1 Å². The number of nitrogens with one attached hydrogen (secondary N) is 1. The number of nitro benzene ring substituents is 1. The van der Waals surface area contributed by atoms with E-state index < -0.39 is 4.92 Å². The molecule has 0 amide bonds. The third-order valence-corrected chi connectivity index (χ3v) is 3.58. The van der Waals surface area contributed by atoms with Gasteiger partial charge in [0.25, 0.3) is 11.7 Å². The van der Waals surface area contributed by atoms with E-state index in [-0.39, 0.29) is 5.69 Å². The van der Waals surface area contributed by atoms with Crippen molar-refractivity contribution < 1.29 is 9.34 Å². The highest BCUT2D eigenvalue weighted by molar-refractivity contribution is 7.98. The van der Waals surface area contributed by atoms with Crippen LogP contribution in [0.5, 0.6) is 0 Å². The first-order valence-electron chi connectivity index (χ1n) is 6.48. The summed E-state index contributed by atoms with van der Waals surface area (Å²) >= 11 is 1.86. The predicted molar refractivity (Wildman–Crippen MR) is 81.4 cm³/mol. The fraction of sp³-hybridized carbons (Fsp3) is 0.462. The van der Waals surface area contributed by atoms with Crippen LogP contribution in [0.2, 0.25) is 0 Å². The highest BCUT2D eigenvalue weighted by Gasteiger charge is 2.11. The topological polar surface area (TPSA) is 81.2 Å². The second-order valence-electron chi connectivity index (χ2n) is 4.41. The third-order valence-electron chi connectivity index (χ3n) is 2.88. The molecule has 2 rings (SSSR count). The van der Waals surface area contributed by atoms with E-state index >= 15 is 0 Å². The van der Waals surface area contributed by atoms with Crippen LogP contribution in [0.4, 0.5) is 11.7 Å². The summed E-state index contributed by atoms with van der Waals surface area (Å²) in [6, 6.07) is 4.83. The highest BCUT2D eigenvalue weighted by Crippen LogP contribution is 2.23. The molecule has 0 atom stereocenters. The molecule has 20 heavy (non-hydrogen) atoms. The van der Waals surface area contributed by atoms with Gasteiger partial charge in [0.1, 0.15) is 5.52 Å². The van der Waals surface area contributed by atoms with Gasteiger partial charge < -0.3 is 9.73 Å². The number of oxazole rings is 1. The van der Waals surface area contributed by atoms with Crippen LogP contribution in [0.1, 0.15) is 19.3 Å². The lowest BCUT2D eigenvalue weighted by molar-refractivity contribution is -0.384. The summed E-state index contributed by atoms with van der Waals surface area (Å²) in [5.41, 5.74) is 1.08. The number of thioether (sulfide) groups is 1. The second kappa shape index (κ2) is 7.14. The van der Waals surface area contributed by atoms with Crippen LogP contribution in [0.25, 0.3) is 11.1 Å². The molecule has 7 heteroatoms. The van der Waals surface area contributed by atoms with Gasteiger partial charge >= 0.3 is 0 Å². The van der Waals surface area contributed by atoms with Crippen LogP contribution in [0.15, 0.2) is 22.6 Å². The lowest BCUT2D eigenvalue weighted by Crippen LogP contribution is -2.01. The van der Waals surface area contributed by atoms with Gasteiger partial charge in [-0.15, -0.1) is 0 Å². The Kier molecular flexibility index (Phi) is 5.23. The minimum absolute atomic E-state index is 0.0226. The molecule has 0 radical (unpaired) electrons. The number of non-ortho nitro benzene ring substituents is 1. The van der Waals surface area contributed by atoms with Gasteiger partial charge in [0.05, 0.1) is 4.92 Å². The van der Waals surface area contributed by atoms with Gasteiger partial charge in [-0.2, -0.15) is 16.7 Å². The number of unbranched alkanes of at least 4 members (excludes halogenated alkanes) is 2. The van der Waals surface area contributed by atoms with Crippen molar-refractivity contribution in [2.24, 2.45) is 0 Å². The van der Waals surface area contributed by atoms with Crippen LogP contribution in [0, 0.1) is 10.1 Å². The van der Waals surface area contributed by atoms with Gasteiger partial charge in [-0.1, -0.05) is 6.42 Å². The molecule has 1 N–H and O–H groups in total. The van der Waals surface area contributed by atoms with Crippen molar-refractivity contribution in [2.45, 2.75) is 19.3 Å². The van der Waals surface area contributed by atoms with E-state index in [2.05, 4.69) is 16.6 Å². The molecule has 1 heterocycles. The molecule has 0 bridgehead atoms. The van der Waals surface area contributed by atoms with Crippen LogP contribution in [0.3, 0.4) is 0 Å². The maximum atomic E-state index is 10.7. The standard InChI is InChI=1S/C13H17N3O3S/c1-20-8-4-2-3-7-14-13-15-11-9-10(16(17)18)5-6-12(11)19-13/h5-6,9H,2-4,7-8H2,1H3,(H,14,15). The first-order valence-corrected chi connectivity index (χ1v) is 7.88. The number of aromatic nitrogens is 1. The zero-order chi connectivity index (χ0) is 14.4. The highest BCUT2D eigenvalue weighted by atomic mass is 32.2. The van der Waals surface area contributed by atoms with Gasteiger partial charge in [-0.05, 0) is 30.9 Å². The Morgan fingerprint density at radius 3 is 3.00 bits per heavy atom. The summed E-state index contributed by atoms with van der Waals surface area (Å²) in [6.07, 6.45) is 5.54. The Balaban J connectivity index is 1.89. The first kappa shape index (κ1) is 14.6. The largest absolute Gasteiger partial charge is 0.424 e. The first-order chi connectivity index (χ1) is 9.70. The van der Waals surface area contributed by atoms with Gasteiger partial charge in [0.15, 0.2) is 5.58 Å². The van der Waals surface area contributed by atoms with E-state index in [1.54, 1.807) is 6.07 Å². The van der Waals surface area contributed by atoms with Crippen LogP contribution >= 0.6 is 11.8 Å². The van der Waals surface area contributed by atoms with Crippen molar-refractivity contribution in [3.8, 4) is 0 Å². The smallest absolute Gasteiger partial charge is 0.295 e. The molecular formula is C13H17N3O3S. The van der Waals surface area contributed by atoms with E-state index in [0.717, 1.165) is 13.0 Å². The molecule has 0 saturated carbocycles. The molecular weight excluding hydrogens is 278 g/mol. The molecule has 0 aliphatic heterocycles. The average Bonchev–Trinajstić information content (AvgIpc) is 2.84. The minimum Gasteiger partial charge on any atom is -0.424 e. The summed E-state index contributed by atoms with van der Waals surface area (Å²) < 4.78 is 5.48. The Bertz CT molecular complexity index is 585. The number of hydrogen-bond acceptors (Lipinski definition) is 6. The lowest BCUT2D eigenvalue weighted by Gasteiger charge is -2.00. The molecule has 1 aromatic carbocycles. The lowest BCUT2D eigenvalue weighted by atomic mass is 10.2. The minimum atomic E-state index is -0.438. The number of anilines is 1. The number of fused-ring (bicyclic) bond motifs is 1. The number of nitro groups is 1. The van der Waals surface area contributed by atoms with Crippen molar-refractivity contribution in [3.63, 3.8) is 0 Å². The zero-order valence-electron chi connectivity index (χ0n) is 11.3. The third kappa shape index (κ3) is 3.86.